The van der Waals surface area contributed by atoms with Crippen LogP contribution in [0.15, 0.2) is 200 Å². The lowest BCUT2D eigenvalue weighted by atomic mass is 9.81. The van der Waals surface area contributed by atoms with E-state index in [-0.39, 0.29) is 5.41 Å². The van der Waals surface area contributed by atoms with E-state index in [9.17, 15) is 0 Å². The van der Waals surface area contributed by atoms with Crippen molar-refractivity contribution in [3.63, 3.8) is 0 Å². The zero-order chi connectivity index (χ0) is 37.2. The van der Waals surface area contributed by atoms with E-state index in [1.54, 1.807) is 0 Å². The molecule has 0 spiro atoms. The third-order valence-electron chi connectivity index (χ3n) is 11.6. The molecule has 1 aliphatic rings. The molecule has 0 bridgehead atoms. The SMILES string of the molecule is CC1(C)c2cc(CCC(c3ccccc3)c3ccc(-c4ccccc4)cc3)ccc2-c2ccc(Nc3ccc(-c4ccc(-c5ccccc5)cc4)cc3)cc21. The van der Waals surface area contributed by atoms with Crippen molar-refractivity contribution in [2.75, 3.05) is 5.32 Å². The summed E-state index contributed by atoms with van der Waals surface area (Å²) in [4.78, 5) is 0. The monoisotopic (exact) mass is 707 g/mol. The van der Waals surface area contributed by atoms with E-state index >= 15 is 0 Å². The van der Waals surface area contributed by atoms with E-state index in [0.717, 1.165) is 24.2 Å². The van der Waals surface area contributed by atoms with Crippen LogP contribution in [0.3, 0.4) is 0 Å². The number of hydrogen-bond donors (Lipinski definition) is 1. The highest BCUT2D eigenvalue weighted by molar-refractivity contribution is 5.83. The topological polar surface area (TPSA) is 12.0 Å². The van der Waals surface area contributed by atoms with Gasteiger partial charge in [0.2, 0.25) is 0 Å². The van der Waals surface area contributed by atoms with Crippen molar-refractivity contribution in [3.05, 3.63) is 228 Å². The predicted molar refractivity (Wildman–Crippen MR) is 233 cm³/mol. The second kappa shape index (κ2) is 14.8. The largest absolute Gasteiger partial charge is 0.356 e. The van der Waals surface area contributed by atoms with Crippen LogP contribution >= 0.6 is 0 Å². The number of fused-ring (bicyclic) bond motifs is 3. The molecule has 1 nitrogen and oxygen atoms in total. The van der Waals surface area contributed by atoms with Crippen molar-refractivity contribution in [2.45, 2.75) is 38.0 Å². The van der Waals surface area contributed by atoms with Gasteiger partial charge in [-0.1, -0.05) is 190 Å². The van der Waals surface area contributed by atoms with Crippen molar-refractivity contribution in [1.82, 2.24) is 0 Å². The molecule has 1 aliphatic carbocycles. The molecule has 0 aliphatic heterocycles. The van der Waals surface area contributed by atoms with E-state index in [1.165, 1.54) is 72.3 Å². The van der Waals surface area contributed by atoms with Crippen molar-refractivity contribution >= 4 is 11.4 Å². The van der Waals surface area contributed by atoms with Gasteiger partial charge in [0, 0.05) is 22.7 Å². The predicted octanol–water partition coefficient (Wildman–Crippen LogP) is 14.5. The maximum atomic E-state index is 3.70. The Morgan fingerprint density at radius 1 is 0.400 bits per heavy atom. The zero-order valence-electron chi connectivity index (χ0n) is 31.5. The van der Waals surface area contributed by atoms with E-state index in [4.69, 9.17) is 0 Å². The average molecular weight is 708 g/mol. The van der Waals surface area contributed by atoms with Crippen molar-refractivity contribution in [2.24, 2.45) is 0 Å². The van der Waals surface area contributed by atoms with Crippen LogP contribution in [-0.2, 0) is 11.8 Å². The quantitative estimate of drug-likeness (QED) is 0.149. The van der Waals surface area contributed by atoms with Gasteiger partial charge in [0.05, 0.1) is 0 Å². The second-order valence-corrected chi connectivity index (χ2v) is 15.4. The van der Waals surface area contributed by atoms with Crippen LogP contribution in [0.1, 0.15) is 54.0 Å². The highest BCUT2D eigenvalue weighted by Crippen LogP contribution is 2.50. The summed E-state index contributed by atoms with van der Waals surface area (Å²) in [5, 5.41) is 3.70. The molecule has 8 aromatic rings. The highest BCUT2D eigenvalue weighted by Gasteiger charge is 2.35. The third kappa shape index (κ3) is 7.02. The standard InChI is InChI=1S/C54H45N/c1-54(2)52-36-38(18-33-49(45-16-10-5-11-17-45)46-26-24-42(25-27-46)40-14-8-4-9-15-40)19-34-50(52)51-35-32-48(37-53(51)54)55-47-30-28-44(29-31-47)43-22-20-41(21-23-43)39-12-6-3-7-13-39/h3-17,19-32,34-37,49,55H,18,33H2,1-2H3. The number of hydrogen-bond acceptors (Lipinski definition) is 1. The molecule has 9 rings (SSSR count). The summed E-state index contributed by atoms with van der Waals surface area (Å²) in [5.41, 5.74) is 19.1. The Hall–Kier alpha value is -6.44. The van der Waals surface area contributed by atoms with Gasteiger partial charge in [-0.2, -0.15) is 0 Å². The lowest BCUT2D eigenvalue weighted by Gasteiger charge is -2.23. The smallest absolute Gasteiger partial charge is 0.0387 e. The van der Waals surface area contributed by atoms with Crippen LogP contribution in [0.25, 0.3) is 44.5 Å². The average Bonchev–Trinajstić information content (AvgIpc) is 3.47. The summed E-state index contributed by atoms with van der Waals surface area (Å²) in [7, 11) is 0. The van der Waals surface area contributed by atoms with Crippen molar-refractivity contribution in [3.8, 4) is 44.5 Å². The van der Waals surface area contributed by atoms with Gasteiger partial charge in [0.1, 0.15) is 0 Å². The van der Waals surface area contributed by atoms with Crippen LogP contribution in [0.2, 0.25) is 0 Å². The minimum absolute atomic E-state index is 0.0970. The first-order valence-corrected chi connectivity index (χ1v) is 19.5. The van der Waals surface area contributed by atoms with Crippen LogP contribution in [0.4, 0.5) is 11.4 Å². The van der Waals surface area contributed by atoms with Gasteiger partial charge in [-0.05, 0) is 109 Å². The summed E-state index contributed by atoms with van der Waals surface area (Å²) >= 11 is 0. The fraction of sp³-hybridized carbons (Fsp3) is 0.111. The minimum atomic E-state index is -0.0970. The molecule has 1 atom stereocenters. The lowest BCUT2D eigenvalue weighted by Crippen LogP contribution is -2.15. The van der Waals surface area contributed by atoms with Gasteiger partial charge >= 0.3 is 0 Å². The fourth-order valence-corrected chi connectivity index (χ4v) is 8.48. The Kier molecular flexibility index (Phi) is 9.22. The van der Waals surface area contributed by atoms with Gasteiger partial charge in [-0.3, -0.25) is 0 Å². The normalized spacial score (nSPS) is 13.1. The maximum Gasteiger partial charge on any atom is 0.0387 e. The van der Waals surface area contributed by atoms with E-state index in [2.05, 4.69) is 219 Å². The number of rotatable bonds is 10. The van der Waals surface area contributed by atoms with Gasteiger partial charge in [-0.15, -0.1) is 0 Å². The molecule has 1 unspecified atom stereocenters. The zero-order valence-corrected chi connectivity index (χ0v) is 31.5. The first-order chi connectivity index (χ1) is 27.0. The number of nitrogens with one attached hydrogen (secondary N) is 1. The van der Waals surface area contributed by atoms with Crippen molar-refractivity contribution < 1.29 is 0 Å². The Bertz CT molecular complexity index is 2530. The van der Waals surface area contributed by atoms with Gasteiger partial charge in [0.15, 0.2) is 0 Å². The molecule has 0 fully saturated rings. The fourth-order valence-electron chi connectivity index (χ4n) is 8.48. The summed E-state index contributed by atoms with van der Waals surface area (Å²) < 4.78 is 0. The van der Waals surface area contributed by atoms with Crippen LogP contribution in [0.5, 0.6) is 0 Å². The summed E-state index contributed by atoms with van der Waals surface area (Å²) in [6, 6.07) is 73.1. The first kappa shape index (κ1) is 34.3. The Balaban J connectivity index is 0.903. The third-order valence-corrected chi connectivity index (χ3v) is 11.6. The number of aryl methyl sites for hydroxylation is 1. The van der Waals surface area contributed by atoms with E-state index < -0.39 is 0 Å². The van der Waals surface area contributed by atoms with Crippen LogP contribution in [-0.4, -0.2) is 0 Å². The van der Waals surface area contributed by atoms with Crippen molar-refractivity contribution in [1.29, 1.82) is 0 Å². The Morgan fingerprint density at radius 3 is 1.38 bits per heavy atom. The molecule has 0 radical (unpaired) electrons. The van der Waals surface area contributed by atoms with Crippen LogP contribution in [0, 0.1) is 0 Å². The lowest BCUT2D eigenvalue weighted by molar-refractivity contribution is 0.657. The molecular formula is C54H45N. The molecule has 0 heterocycles. The Morgan fingerprint density at radius 2 is 0.818 bits per heavy atom. The minimum Gasteiger partial charge on any atom is -0.356 e. The summed E-state index contributed by atoms with van der Waals surface area (Å²) in [6.07, 6.45) is 2.06. The van der Waals surface area contributed by atoms with E-state index in [1.807, 2.05) is 0 Å². The molecule has 8 aromatic carbocycles. The van der Waals surface area contributed by atoms with E-state index in [0.29, 0.717) is 5.92 Å². The van der Waals surface area contributed by atoms with Gasteiger partial charge in [0.25, 0.3) is 0 Å². The molecule has 1 heteroatoms. The summed E-state index contributed by atoms with van der Waals surface area (Å²) in [6.45, 7) is 4.76. The molecule has 266 valence electrons. The number of benzene rings is 8. The first-order valence-electron chi connectivity index (χ1n) is 19.5. The maximum absolute atomic E-state index is 3.70. The molecule has 0 saturated carbocycles. The molecule has 0 aromatic heterocycles. The molecule has 1 N–H and O–H groups in total. The Labute approximate surface area is 326 Å². The van der Waals surface area contributed by atoms with Gasteiger partial charge in [-0.25, -0.2) is 0 Å². The molecule has 0 saturated heterocycles. The molecular weight excluding hydrogens is 663 g/mol. The second-order valence-electron chi connectivity index (χ2n) is 15.4. The molecule has 0 amide bonds. The van der Waals surface area contributed by atoms with Gasteiger partial charge < -0.3 is 5.32 Å². The van der Waals surface area contributed by atoms with Crippen LogP contribution < -0.4 is 5.32 Å². The molecule has 55 heavy (non-hydrogen) atoms. The summed E-state index contributed by atoms with van der Waals surface area (Å²) in [5.74, 6) is 0.326. The number of anilines is 2. The highest BCUT2D eigenvalue weighted by atomic mass is 14.9.